The van der Waals surface area contributed by atoms with Crippen molar-refractivity contribution >= 4 is 18.1 Å². The van der Waals surface area contributed by atoms with Crippen molar-refractivity contribution in [2.24, 2.45) is 5.10 Å². The van der Waals surface area contributed by atoms with Crippen LogP contribution in [0.5, 0.6) is 5.75 Å². The first-order chi connectivity index (χ1) is 15.2. The third-order valence-corrected chi connectivity index (χ3v) is 4.49. The average Bonchev–Trinajstić information content (AvgIpc) is 3.35. The number of hydrogen-bond acceptors (Lipinski definition) is 4. The lowest BCUT2D eigenvalue weighted by Gasteiger charge is -2.05. The summed E-state index contributed by atoms with van der Waals surface area (Å²) in [5.74, 6) is -0.363. The minimum absolute atomic E-state index is 0.318. The molecule has 1 aromatic heterocycles. The van der Waals surface area contributed by atoms with E-state index in [0.29, 0.717) is 22.4 Å². The third-order valence-electron chi connectivity index (χ3n) is 4.49. The Balaban J connectivity index is 1.36. The molecule has 0 atom stereocenters. The monoisotopic (exact) mass is 409 g/mol. The number of carbonyl (C=O) groups excluding carboxylic acids is 2. The van der Waals surface area contributed by atoms with Crippen LogP contribution < -0.4 is 10.2 Å². The fourth-order valence-electron chi connectivity index (χ4n) is 2.92. The molecule has 1 N–H and O–H groups in total. The van der Waals surface area contributed by atoms with E-state index < -0.39 is 5.97 Å². The number of nitrogens with one attached hydrogen (secondary N) is 1. The SMILES string of the molecule is O=C(N/N=C/c1cccc(OC(=O)c2ccccc2)c1)c1ccc(-n2cccc2)cc1. The second kappa shape index (κ2) is 9.37. The highest BCUT2D eigenvalue weighted by Gasteiger charge is 2.08. The summed E-state index contributed by atoms with van der Waals surface area (Å²) in [6, 6.07) is 26.7. The number of ether oxygens (including phenoxy) is 1. The lowest BCUT2D eigenvalue weighted by atomic mass is 10.2. The van der Waals surface area contributed by atoms with Gasteiger partial charge >= 0.3 is 5.97 Å². The van der Waals surface area contributed by atoms with E-state index >= 15 is 0 Å². The molecular formula is C25H19N3O3. The number of benzene rings is 3. The normalized spacial score (nSPS) is 10.7. The van der Waals surface area contributed by atoms with Gasteiger partial charge in [0, 0.05) is 23.6 Å². The van der Waals surface area contributed by atoms with Crippen LogP contribution in [0.3, 0.4) is 0 Å². The molecule has 0 radical (unpaired) electrons. The van der Waals surface area contributed by atoms with Crippen molar-refractivity contribution in [3.8, 4) is 11.4 Å². The van der Waals surface area contributed by atoms with E-state index in [-0.39, 0.29) is 5.91 Å². The summed E-state index contributed by atoms with van der Waals surface area (Å²) in [5, 5.41) is 4.00. The maximum absolute atomic E-state index is 12.3. The fraction of sp³-hybridized carbons (Fsp3) is 0. The Hall–Kier alpha value is -4.45. The summed E-state index contributed by atoms with van der Waals surface area (Å²) >= 11 is 0. The van der Waals surface area contributed by atoms with Crippen LogP contribution in [0.2, 0.25) is 0 Å². The summed E-state index contributed by atoms with van der Waals surface area (Å²) in [5.41, 5.74) is 5.12. The van der Waals surface area contributed by atoms with Crippen molar-refractivity contribution < 1.29 is 14.3 Å². The fourth-order valence-corrected chi connectivity index (χ4v) is 2.92. The molecule has 0 fully saturated rings. The van der Waals surface area contributed by atoms with Gasteiger partial charge in [0.2, 0.25) is 0 Å². The summed E-state index contributed by atoms with van der Waals surface area (Å²) < 4.78 is 7.35. The van der Waals surface area contributed by atoms with Crippen LogP contribution in [-0.4, -0.2) is 22.7 Å². The van der Waals surface area contributed by atoms with Crippen LogP contribution in [0.1, 0.15) is 26.3 Å². The van der Waals surface area contributed by atoms with E-state index in [1.54, 1.807) is 60.7 Å². The average molecular weight is 409 g/mol. The quantitative estimate of drug-likeness (QED) is 0.221. The molecule has 0 saturated carbocycles. The van der Waals surface area contributed by atoms with E-state index in [0.717, 1.165) is 5.69 Å². The standard InChI is InChI=1S/C25H19N3O3/c29-24(20-11-13-22(14-12-20)28-15-4-5-16-28)27-26-18-19-7-6-10-23(17-19)31-25(30)21-8-2-1-3-9-21/h1-18H,(H,27,29)/b26-18+. The van der Waals surface area contributed by atoms with Gasteiger partial charge in [-0.15, -0.1) is 0 Å². The van der Waals surface area contributed by atoms with Crippen LogP contribution in [0.15, 0.2) is 108 Å². The molecule has 152 valence electrons. The van der Waals surface area contributed by atoms with Gasteiger partial charge in [-0.1, -0.05) is 30.3 Å². The molecule has 31 heavy (non-hydrogen) atoms. The topological polar surface area (TPSA) is 72.7 Å². The molecule has 0 saturated heterocycles. The van der Waals surface area contributed by atoms with E-state index in [9.17, 15) is 9.59 Å². The van der Waals surface area contributed by atoms with Crippen LogP contribution in [-0.2, 0) is 0 Å². The van der Waals surface area contributed by atoms with Crippen molar-refractivity contribution in [1.29, 1.82) is 0 Å². The maximum Gasteiger partial charge on any atom is 0.343 e. The van der Waals surface area contributed by atoms with Gasteiger partial charge in [0.25, 0.3) is 5.91 Å². The Kier molecular flexibility index (Phi) is 6.00. The Labute approximate surface area is 179 Å². The lowest BCUT2D eigenvalue weighted by molar-refractivity contribution is 0.0734. The largest absolute Gasteiger partial charge is 0.423 e. The maximum atomic E-state index is 12.3. The molecule has 4 rings (SSSR count). The summed E-state index contributed by atoms with van der Waals surface area (Å²) in [6.07, 6.45) is 5.36. The number of rotatable bonds is 6. The Morgan fingerprint density at radius 2 is 1.55 bits per heavy atom. The number of hydrogen-bond donors (Lipinski definition) is 1. The van der Waals surface area contributed by atoms with Crippen molar-refractivity contribution in [3.63, 3.8) is 0 Å². The van der Waals surface area contributed by atoms with Crippen LogP contribution in [0.4, 0.5) is 0 Å². The molecule has 0 aliphatic rings. The van der Waals surface area contributed by atoms with Gasteiger partial charge in [0.15, 0.2) is 0 Å². The van der Waals surface area contributed by atoms with Gasteiger partial charge in [-0.2, -0.15) is 5.10 Å². The van der Waals surface area contributed by atoms with Crippen LogP contribution >= 0.6 is 0 Å². The molecule has 6 nitrogen and oxygen atoms in total. The molecule has 0 unspecified atom stereocenters. The zero-order valence-corrected chi connectivity index (χ0v) is 16.5. The number of amides is 1. The minimum atomic E-state index is -0.439. The molecule has 6 heteroatoms. The van der Waals surface area contributed by atoms with Gasteiger partial charge in [-0.25, -0.2) is 10.2 Å². The number of hydrazone groups is 1. The van der Waals surface area contributed by atoms with Gasteiger partial charge in [-0.05, 0) is 66.2 Å². The zero-order chi connectivity index (χ0) is 21.5. The first kappa shape index (κ1) is 19.8. The Morgan fingerprint density at radius 1 is 0.806 bits per heavy atom. The van der Waals surface area contributed by atoms with Gasteiger partial charge < -0.3 is 9.30 Å². The van der Waals surface area contributed by atoms with Gasteiger partial charge in [-0.3, -0.25) is 4.79 Å². The highest BCUT2D eigenvalue weighted by molar-refractivity contribution is 5.95. The first-order valence-corrected chi connectivity index (χ1v) is 9.63. The third kappa shape index (κ3) is 5.13. The predicted molar refractivity (Wildman–Crippen MR) is 119 cm³/mol. The Bertz CT molecular complexity index is 1200. The van der Waals surface area contributed by atoms with Crippen molar-refractivity contribution in [3.05, 3.63) is 120 Å². The second-order valence-electron chi connectivity index (χ2n) is 6.66. The first-order valence-electron chi connectivity index (χ1n) is 9.63. The number of esters is 1. The lowest BCUT2D eigenvalue weighted by Crippen LogP contribution is -2.17. The van der Waals surface area contributed by atoms with Gasteiger partial charge in [0.1, 0.15) is 5.75 Å². The van der Waals surface area contributed by atoms with E-state index in [1.807, 2.05) is 47.3 Å². The molecule has 0 aliphatic carbocycles. The molecule has 1 amide bonds. The van der Waals surface area contributed by atoms with Crippen LogP contribution in [0.25, 0.3) is 5.69 Å². The van der Waals surface area contributed by atoms with Crippen molar-refractivity contribution in [1.82, 2.24) is 9.99 Å². The summed E-state index contributed by atoms with van der Waals surface area (Å²) in [6.45, 7) is 0. The van der Waals surface area contributed by atoms with E-state index in [2.05, 4.69) is 10.5 Å². The van der Waals surface area contributed by atoms with Crippen molar-refractivity contribution in [2.45, 2.75) is 0 Å². The number of aromatic nitrogens is 1. The van der Waals surface area contributed by atoms with E-state index in [1.165, 1.54) is 6.21 Å². The highest BCUT2D eigenvalue weighted by Crippen LogP contribution is 2.14. The van der Waals surface area contributed by atoms with Gasteiger partial charge in [0.05, 0.1) is 11.8 Å². The number of nitrogens with zero attached hydrogens (tertiary/aromatic N) is 2. The smallest absolute Gasteiger partial charge is 0.343 e. The molecular weight excluding hydrogens is 390 g/mol. The molecule has 0 aliphatic heterocycles. The molecule has 3 aromatic carbocycles. The molecule has 4 aromatic rings. The molecule has 0 bridgehead atoms. The zero-order valence-electron chi connectivity index (χ0n) is 16.5. The second-order valence-corrected chi connectivity index (χ2v) is 6.66. The Morgan fingerprint density at radius 3 is 2.29 bits per heavy atom. The van der Waals surface area contributed by atoms with E-state index in [4.69, 9.17) is 4.74 Å². The molecule has 1 heterocycles. The summed E-state index contributed by atoms with van der Waals surface area (Å²) in [7, 11) is 0. The predicted octanol–water partition coefficient (Wildman–Crippen LogP) is 4.46. The van der Waals surface area contributed by atoms with Crippen molar-refractivity contribution in [2.75, 3.05) is 0 Å². The number of carbonyl (C=O) groups is 2. The molecule has 0 spiro atoms. The highest BCUT2D eigenvalue weighted by atomic mass is 16.5. The van der Waals surface area contributed by atoms with Crippen LogP contribution in [0, 0.1) is 0 Å². The summed E-state index contributed by atoms with van der Waals surface area (Å²) in [4.78, 5) is 24.5. The minimum Gasteiger partial charge on any atom is -0.423 e.